The molecule has 1 heterocycles. The van der Waals surface area contributed by atoms with Gasteiger partial charge in [-0.25, -0.2) is 4.79 Å². The fourth-order valence-corrected chi connectivity index (χ4v) is 2.26. The molecule has 1 aromatic rings. The highest BCUT2D eigenvalue weighted by Gasteiger charge is 2.26. The Morgan fingerprint density at radius 3 is 2.76 bits per heavy atom. The lowest BCUT2D eigenvalue weighted by Crippen LogP contribution is -2.45. The SMILES string of the molecule is CCC(C)C(NC(=O)c1ccc2c(c1)NC(=O)C2)C(=O)O. The zero-order chi connectivity index (χ0) is 15.6. The van der Waals surface area contributed by atoms with Crippen molar-refractivity contribution >= 4 is 23.5 Å². The lowest BCUT2D eigenvalue weighted by molar-refractivity contribution is -0.140. The van der Waals surface area contributed by atoms with E-state index in [1.54, 1.807) is 25.1 Å². The first-order valence-corrected chi connectivity index (χ1v) is 6.88. The average Bonchev–Trinajstić information content (AvgIpc) is 2.82. The molecule has 2 unspecified atom stereocenters. The molecule has 2 atom stereocenters. The molecule has 0 saturated heterocycles. The molecule has 0 aromatic heterocycles. The Morgan fingerprint density at radius 1 is 1.43 bits per heavy atom. The summed E-state index contributed by atoms with van der Waals surface area (Å²) in [6, 6.07) is 3.96. The summed E-state index contributed by atoms with van der Waals surface area (Å²) >= 11 is 0. The molecule has 1 aromatic carbocycles. The van der Waals surface area contributed by atoms with E-state index >= 15 is 0 Å². The number of benzene rings is 1. The van der Waals surface area contributed by atoms with E-state index in [0.717, 1.165) is 5.56 Å². The molecule has 1 aliphatic rings. The van der Waals surface area contributed by atoms with E-state index in [4.69, 9.17) is 0 Å². The Kier molecular flexibility index (Phi) is 4.26. The van der Waals surface area contributed by atoms with Crippen molar-refractivity contribution in [3.05, 3.63) is 29.3 Å². The highest BCUT2D eigenvalue weighted by atomic mass is 16.4. The minimum absolute atomic E-state index is 0.106. The van der Waals surface area contributed by atoms with E-state index < -0.39 is 17.9 Å². The molecule has 0 spiro atoms. The number of fused-ring (bicyclic) bond motifs is 1. The van der Waals surface area contributed by atoms with Crippen LogP contribution in [0.15, 0.2) is 18.2 Å². The summed E-state index contributed by atoms with van der Waals surface area (Å²) in [5.41, 5.74) is 1.79. The molecule has 0 fully saturated rings. The molecule has 6 heteroatoms. The number of anilines is 1. The van der Waals surface area contributed by atoms with Crippen LogP contribution in [-0.2, 0) is 16.0 Å². The second-order valence-electron chi connectivity index (χ2n) is 5.27. The van der Waals surface area contributed by atoms with Gasteiger partial charge in [-0.05, 0) is 23.6 Å². The van der Waals surface area contributed by atoms with Gasteiger partial charge in [0.05, 0.1) is 6.42 Å². The fraction of sp³-hybridized carbons (Fsp3) is 0.400. The quantitative estimate of drug-likeness (QED) is 0.764. The first kappa shape index (κ1) is 15.0. The monoisotopic (exact) mass is 290 g/mol. The maximum Gasteiger partial charge on any atom is 0.326 e. The Morgan fingerprint density at radius 2 is 2.14 bits per heavy atom. The van der Waals surface area contributed by atoms with Gasteiger partial charge in [-0.2, -0.15) is 0 Å². The lowest BCUT2D eigenvalue weighted by atomic mass is 9.98. The number of rotatable bonds is 5. The third-order valence-electron chi connectivity index (χ3n) is 3.76. The van der Waals surface area contributed by atoms with Gasteiger partial charge >= 0.3 is 5.97 Å². The molecule has 2 amide bonds. The van der Waals surface area contributed by atoms with E-state index in [1.807, 2.05) is 6.92 Å². The summed E-state index contributed by atoms with van der Waals surface area (Å²) in [7, 11) is 0. The Balaban J connectivity index is 2.15. The van der Waals surface area contributed by atoms with Crippen molar-refractivity contribution in [1.82, 2.24) is 5.32 Å². The molecule has 6 nitrogen and oxygen atoms in total. The maximum atomic E-state index is 12.2. The van der Waals surface area contributed by atoms with Crippen LogP contribution in [0.1, 0.15) is 36.2 Å². The van der Waals surface area contributed by atoms with Crippen molar-refractivity contribution in [1.29, 1.82) is 0 Å². The Bertz CT molecular complexity index is 597. The van der Waals surface area contributed by atoms with Gasteiger partial charge in [0.2, 0.25) is 5.91 Å². The molecule has 0 bridgehead atoms. The number of carbonyl (C=O) groups excluding carboxylic acids is 2. The van der Waals surface area contributed by atoms with Crippen LogP contribution in [0.5, 0.6) is 0 Å². The van der Waals surface area contributed by atoms with Crippen LogP contribution >= 0.6 is 0 Å². The van der Waals surface area contributed by atoms with E-state index in [0.29, 0.717) is 24.1 Å². The maximum absolute atomic E-state index is 12.2. The topological polar surface area (TPSA) is 95.5 Å². The van der Waals surface area contributed by atoms with Gasteiger partial charge in [0.25, 0.3) is 5.91 Å². The Hall–Kier alpha value is -2.37. The molecule has 0 aliphatic carbocycles. The van der Waals surface area contributed by atoms with Gasteiger partial charge in [0, 0.05) is 11.3 Å². The predicted molar refractivity (Wildman–Crippen MR) is 77.1 cm³/mol. The molecule has 0 saturated carbocycles. The van der Waals surface area contributed by atoms with Crippen LogP contribution in [0.3, 0.4) is 0 Å². The van der Waals surface area contributed by atoms with Crippen molar-refractivity contribution in [2.45, 2.75) is 32.7 Å². The number of hydrogen-bond donors (Lipinski definition) is 3. The standard InChI is InChI=1S/C15H18N2O4/c1-3-8(2)13(15(20)21)17-14(19)10-5-4-9-7-12(18)16-11(9)6-10/h4-6,8,13H,3,7H2,1-2H3,(H,16,18)(H,17,19)(H,20,21). The third kappa shape index (κ3) is 3.21. The van der Waals surface area contributed by atoms with Gasteiger partial charge in [0.1, 0.15) is 6.04 Å². The van der Waals surface area contributed by atoms with Gasteiger partial charge in [-0.1, -0.05) is 26.3 Å². The molecular formula is C15H18N2O4. The smallest absolute Gasteiger partial charge is 0.326 e. The highest BCUT2D eigenvalue weighted by Crippen LogP contribution is 2.24. The van der Waals surface area contributed by atoms with Crippen molar-refractivity contribution in [2.24, 2.45) is 5.92 Å². The number of hydrogen-bond acceptors (Lipinski definition) is 3. The van der Waals surface area contributed by atoms with Crippen molar-refractivity contribution in [3.63, 3.8) is 0 Å². The number of amides is 2. The van der Waals surface area contributed by atoms with Crippen LogP contribution in [0, 0.1) is 5.92 Å². The number of carboxylic acid groups (broad SMARTS) is 1. The summed E-state index contributed by atoms with van der Waals surface area (Å²) < 4.78 is 0. The fourth-order valence-electron chi connectivity index (χ4n) is 2.26. The summed E-state index contributed by atoms with van der Waals surface area (Å²) in [4.78, 5) is 34.7. The van der Waals surface area contributed by atoms with E-state index in [2.05, 4.69) is 10.6 Å². The third-order valence-corrected chi connectivity index (χ3v) is 3.76. The second kappa shape index (κ2) is 5.95. The first-order valence-electron chi connectivity index (χ1n) is 6.88. The summed E-state index contributed by atoms with van der Waals surface area (Å²) in [6.07, 6.45) is 0.958. The molecule has 3 N–H and O–H groups in total. The molecule has 0 radical (unpaired) electrons. The Labute approximate surface area is 122 Å². The van der Waals surface area contributed by atoms with Crippen LogP contribution in [-0.4, -0.2) is 28.9 Å². The molecule has 21 heavy (non-hydrogen) atoms. The van der Waals surface area contributed by atoms with E-state index in [-0.39, 0.29) is 11.8 Å². The van der Waals surface area contributed by atoms with Gasteiger partial charge in [0.15, 0.2) is 0 Å². The summed E-state index contributed by atoms with van der Waals surface area (Å²) in [5.74, 6) is -1.77. The predicted octanol–water partition coefficient (Wildman–Crippen LogP) is 1.41. The van der Waals surface area contributed by atoms with E-state index in [1.165, 1.54) is 0 Å². The van der Waals surface area contributed by atoms with Gasteiger partial charge in [-0.15, -0.1) is 0 Å². The summed E-state index contributed by atoms with van der Waals surface area (Å²) in [5, 5.41) is 14.4. The van der Waals surface area contributed by atoms with Crippen LogP contribution in [0.2, 0.25) is 0 Å². The summed E-state index contributed by atoms with van der Waals surface area (Å²) in [6.45, 7) is 3.65. The number of carboxylic acids is 1. The van der Waals surface area contributed by atoms with Crippen molar-refractivity contribution in [2.75, 3.05) is 5.32 Å². The number of carbonyl (C=O) groups is 3. The van der Waals surface area contributed by atoms with Gasteiger partial charge in [-0.3, -0.25) is 9.59 Å². The minimum Gasteiger partial charge on any atom is -0.480 e. The largest absolute Gasteiger partial charge is 0.480 e. The van der Waals surface area contributed by atoms with Crippen LogP contribution in [0.25, 0.3) is 0 Å². The molecule has 2 rings (SSSR count). The molecule has 1 aliphatic heterocycles. The van der Waals surface area contributed by atoms with Crippen molar-refractivity contribution in [3.8, 4) is 0 Å². The van der Waals surface area contributed by atoms with E-state index in [9.17, 15) is 19.5 Å². The van der Waals surface area contributed by atoms with Gasteiger partial charge < -0.3 is 15.7 Å². The minimum atomic E-state index is -1.05. The molecule has 112 valence electrons. The van der Waals surface area contributed by atoms with Crippen molar-refractivity contribution < 1.29 is 19.5 Å². The zero-order valence-corrected chi connectivity index (χ0v) is 12.0. The average molecular weight is 290 g/mol. The normalized spacial score (nSPS) is 15.8. The number of aliphatic carboxylic acids is 1. The van der Waals surface area contributed by atoms with Crippen LogP contribution < -0.4 is 10.6 Å². The van der Waals surface area contributed by atoms with Crippen LogP contribution in [0.4, 0.5) is 5.69 Å². The first-order chi connectivity index (χ1) is 9.92. The highest BCUT2D eigenvalue weighted by molar-refractivity contribution is 6.02. The lowest BCUT2D eigenvalue weighted by Gasteiger charge is -2.20. The molecular weight excluding hydrogens is 272 g/mol. The second-order valence-corrected chi connectivity index (χ2v) is 5.27. The zero-order valence-electron chi connectivity index (χ0n) is 12.0. The number of nitrogens with one attached hydrogen (secondary N) is 2.